The first-order valence-electron chi connectivity index (χ1n) is 8.77. The number of nitrogens with one attached hydrogen (secondary N) is 1. The molecule has 1 amide bonds. The second-order valence-corrected chi connectivity index (χ2v) is 7.64. The van der Waals surface area contributed by atoms with Gasteiger partial charge in [0.15, 0.2) is 0 Å². The van der Waals surface area contributed by atoms with Crippen LogP contribution >= 0.6 is 11.3 Å². The number of benzene rings is 1. The monoisotopic (exact) mass is 354 g/mol. The van der Waals surface area contributed by atoms with Crippen molar-refractivity contribution in [3.8, 4) is 0 Å². The van der Waals surface area contributed by atoms with Gasteiger partial charge in [0.1, 0.15) is 5.82 Å². The van der Waals surface area contributed by atoms with E-state index in [0.717, 1.165) is 53.9 Å². The topological polar surface area (TPSA) is 61.9 Å². The van der Waals surface area contributed by atoms with E-state index < -0.39 is 0 Å². The summed E-state index contributed by atoms with van der Waals surface area (Å²) >= 11 is 1.64. The quantitative estimate of drug-likeness (QED) is 0.772. The Morgan fingerprint density at radius 2 is 2.28 bits per heavy atom. The maximum Gasteiger partial charge on any atom is 0.223 e. The molecule has 0 bridgehead atoms. The molecule has 5 nitrogen and oxygen atoms in total. The van der Waals surface area contributed by atoms with Gasteiger partial charge >= 0.3 is 0 Å². The highest BCUT2D eigenvalue weighted by atomic mass is 32.1. The van der Waals surface area contributed by atoms with Crippen LogP contribution in [0.25, 0.3) is 11.0 Å². The minimum Gasteiger partial charge on any atom is -0.340 e. The smallest absolute Gasteiger partial charge is 0.223 e. The van der Waals surface area contributed by atoms with Gasteiger partial charge < -0.3 is 9.88 Å². The summed E-state index contributed by atoms with van der Waals surface area (Å²) in [5.41, 5.74) is 6.12. The molecule has 3 aromatic rings. The van der Waals surface area contributed by atoms with Crippen molar-refractivity contribution in [2.24, 2.45) is 0 Å². The zero-order valence-corrected chi connectivity index (χ0v) is 15.4. The molecule has 1 atom stereocenters. The minimum atomic E-state index is 0.0712. The summed E-state index contributed by atoms with van der Waals surface area (Å²) in [7, 11) is 0. The third-order valence-electron chi connectivity index (χ3n) is 5.03. The molecule has 0 saturated carbocycles. The number of para-hydroxylation sites is 1. The fourth-order valence-corrected chi connectivity index (χ4v) is 4.41. The summed E-state index contributed by atoms with van der Waals surface area (Å²) in [5, 5.41) is 0. The van der Waals surface area contributed by atoms with E-state index >= 15 is 0 Å². The Morgan fingerprint density at radius 3 is 3.04 bits per heavy atom. The Labute approximate surface area is 151 Å². The number of aromatic amines is 1. The van der Waals surface area contributed by atoms with Gasteiger partial charge in [-0.15, -0.1) is 11.3 Å². The molecule has 130 valence electrons. The van der Waals surface area contributed by atoms with Crippen LogP contribution in [0.2, 0.25) is 0 Å². The number of carbonyl (C=O) groups excluding carboxylic acids is 1. The number of H-pyrrole nitrogens is 1. The molecule has 1 aliphatic heterocycles. The average molecular weight is 354 g/mol. The van der Waals surface area contributed by atoms with Crippen LogP contribution in [-0.4, -0.2) is 32.3 Å². The lowest BCUT2D eigenvalue weighted by Crippen LogP contribution is -2.31. The van der Waals surface area contributed by atoms with E-state index in [2.05, 4.69) is 23.0 Å². The van der Waals surface area contributed by atoms with Gasteiger partial charge in [-0.25, -0.2) is 9.97 Å². The Kier molecular flexibility index (Phi) is 4.29. The van der Waals surface area contributed by atoms with Crippen molar-refractivity contribution in [2.45, 2.75) is 45.6 Å². The number of nitrogens with zero attached hydrogens (tertiary/aromatic N) is 3. The molecule has 0 spiro atoms. The lowest BCUT2D eigenvalue weighted by molar-refractivity contribution is -0.132. The maximum absolute atomic E-state index is 12.8. The summed E-state index contributed by atoms with van der Waals surface area (Å²) in [6, 6.07) is 6.23. The largest absolute Gasteiger partial charge is 0.340 e. The molecule has 25 heavy (non-hydrogen) atoms. The number of amides is 1. The first-order valence-corrected chi connectivity index (χ1v) is 9.65. The van der Waals surface area contributed by atoms with Crippen LogP contribution in [0.1, 0.15) is 47.3 Å². The number of likely N-dealkylation sites (tertiary alicyclic amines) is 1. The van der Waals surface area contributed by atoms with E-state index in [1.165, 1.54) is 4.88 Å². The molecule has 0 aliphatic carbocycles. The first kappa shape index (κ1) is 16.3. The highest BCUT2D eigenvalue weighted by Gasteiger charge is 2.32. The molecule has 1 aliphatic rings. The van der Waals surface area contributed by atoms with Crippen LogP contribution in [0.3, 0.4) is 0 Å². The Balaban J connectivity index is 1.52. The van der Waals surface area contributed by atoms with Gasteiger partial charge in [-0.2, -0.15) is 0 Å². The molecule has 1 fully saturated rings. The van der Waals surface area contributed by atoms with Gasteiger partial charge in [-0.3, -0.25) is 4.79 Å². The highest BCUT2D eigenvalue weighted by Crippen LogP contribution is 2.32. The van der Waals surface area contributed by atoms with E-state index in [1.807, 2.05) is 29.5 Å². The number of thiazole rings is 1. The van der Waals surface area contributed by atoms with Crippen LogP contribution in [0.5, 0.6) is 0 Å². The summed E-state index contributed by atoms with van der Waals surface area (Å²) in [6.45, 7) is 4.90. The van der Waals surface area contributed by atoms with Crippen molar-refractivity contribution in [3.05, 3.63) is 45.7 Å². The molecule has 1 N–H and O–H groups in total. The number of aromatic nitrogens is 3. The summed E-state index contributed by atoms with van der Waals surface area (Å²) in [5.74, 6) is 1.14. The van der Waals surface area contributed by atoms with E-state index in [0.29, 0.717) is 6.42 Å². The molecule has 4 rings (SSSR count). The van der Waals surface area contributed by atoms with Crippen molar-refractivity contribution in [2.75, 3.05) is 6.54 Å². The van der Waals surface area contributed by atoms with Gasteiger partial charge in [0, 0.05) is 17.8 Å². The first-order chi connectivity index (χ1) is 12.1. The molecule has 3 heterocycles. The van der Waals surface area contributed by atoms with Gasteiger partial charge in [-0.05, 0) is 44.7 Å². The van der Waals surface area contributed by atoms with Crippen molar-refractivity contribution in [1.29, 1.82) is 0 Å². The fourth-order valence-electron chi connectivity index (χ4n) is 3.63. The molecule has 1 aromatic carbocycles. The third kappa shape index (κ3) is 3.06. The normalized spacial score (nSPS) is 17.5. The lowest BCUT2D eigenvalue weighted by atomic mass is 10.2. The SMILES string of the molecule is Cc1ncsc1CCC(=O)N1CCC[C@H]1c1nc2c(C)cccc2[nH]1. The molecule has 2 aromatic heterocycles. The van der Waals surface area contributed by atoms with E-state index in [-0.39, 0.29) is 11.9 Å². The van der Waals surface area contributed by atoms with Gasteiger partial charge in [-0.1, -0.05) is 12.1 Å². The highest BCUT2D eigenvalue weighted by molar-refractivity contribution is 7.09. The second-order valence-electron chi connectivity index (χ2n) is 6.70. The fraction of sp³-hybridized carbons (Fsp3) is 0.421. The summed E-state index contributed by atoms with van der Waals surface area (Å²) in [6.07, 6.45) is 3.33. The van der Waals surface area contributed by atoms with E-state index in [4.69, 9.17) is 4.98 Å². The average Bonchev–Trinajstić information content (AvgIpc) is 3.31. The molecular weight excluding hydrogens is 332 g/mol. The van der Waals surface area contributed by atoms with E-state index in [1.54, 1.807) is 11.3 Å². The molecular formula is C19H22N4OS. The standard InChI is InChI=1S/C19H22N4OS/c1-12-5-3-6-14-18(12)22-19(21-14)15-7-4-10-23(15)17(24)9-8-16-13(2)20-11-25-16/h3,5-6,11,15H,4,7-10H2,1-2H3,(H,21,22)/t15-/m0/s1. The van der Waals surface area contributed by atoms with Crippen LogP contribution in [-0.2, 0) is 11.2 Å². The van der Waals surface area contributed by atoms with Gasteiger partial charge in [0.25, 0.3) is 0 Å². The predicted octanol–water partition coefficient (Wildman–Crippen LogP) is 3.93. The van der Waals surface area contributed by atoms with Crippen molar-refractivity contribution < 1.29 is 4.79 Å². The number of hydrogen-bond acceptors (Lipinski definition) is 4. The van der Waals surface area contributed by atoms with Gasteiger partial charge in [0.05, 0.1) is 28.3 Å². The zero-order valence-electron chi connectivity index (χ0n) is 14.6. The Hall–Kier alpha value is -2.21. The number of rotatable bonds is 4. The molecule has 0 radical (unpaired) electrons. The Morgan fingerprint density at radius 1 is 1.40 bits per heavy atom. The van der Waals surface area contributed by atoms with Gasteiger partial charge in [0.2, 0.25) is 5.91 Å². The van der Waals surface area contributed by atoms with Crippen LogP contribution in [0.15, 0.2) is 23.7 Å². The number of hydrogen-bond donors (Lipinski definition) is 1. The number of imidazole rings is 1. The lowest BCUT2D eigenvalue weighted by Gasteiger charge is -2.23. The predicted molar refractivity (Wildman–Crippen MR) is 99.7 cm³/mol. The molecule has 0 unspecified atom stereocenters. The van der Waals surface area contributed by atoms with Crippen LogP contribution in [0.4, 0.5) is 0 Å². The molecule has 1 saturated heterocycles. The summed E-state index contributed by atoms with van der Waals surface area (Å²) in [4.78, 5) is 28.5. The summed E-state index contributed by atoms with van der Waals surface area (Å²) < 4.78 is 0. The van der Waals surface area contributed by atoms with Crippen molar-refractivity contribution in [1.82, 2.24) is 19.9 Å². The second kappa shape index (κ2) is 6.59. The number of carbonyl (C=O) groups is 1. The Bertz CT molecular complexity index is 913. The van der Waals surface area contributed by atoms with Crippen LogP contribution < -0.4 is 0 Å². The molecule has 6 heteroatoms. The van der Waals surface area contributed by atoms with Crippen molar-refractivity contribution in [3.63, 3.8) is 0 Å². The van der Waals surface area contributed by atoms with Crippen molar-refractivity contribution >= 4 is 28.3 Å². The number of aryl methyl sites for hydroxylation is 3. The number of fused-ring (bicyclic) bond motifs is 1. The minimum absolute atomic E-state index is 0.0712. The zero-order chi connectivity index (χ0) is 17.4. The third-order valence-corrected chi connectivity index (χ3v) is 6.03. The maximum atomic E-state index is 12.8. The van der Waals surface area contributed by atoms with Crippen LogP contribution in [0, 0.1) is 13.8 Å². The van der Waals surface area contributed by atoms with E-state index in [9.17, 15) is 4.79 Å².